The zero-order valence-electron chi connectivity index (χ0n) is 14.6. The lowest BCUT2D eigenvalue weighted by atomic mass is 10.1. The van der Waals surface area contributed by atoms with Gasteiger partial charge in [0.1, 0.15) is 18.0 Å². The van der Waals surface area contributed by atoms with Gasteiger partial charge in [0, 0.05) is 22.5 Å². The highest BCUT2D eigenvalue weighted by Gasteiger charge is 2.17. The fraction of sp³-hybridized carbons (Fsp3) is 0.294. The first-order chi connectivity index (χ1) is 12.1. The van der Waals surface area contributed by atoms with Crippen molar-refractivity contribution in [1.29, 1.82) is 5.41 Å². The maximum atomic E-state index is 12.3. The van der Waals surface area contributed by atoms with Gasteiger partial charge in [0.05, 0.1) is 5.02 Å². The summed E-state index contributed by atoms with van der Waals surface area (Å²) in [7, 11) is 0. The molecule has 0 bridgehead atoms. The van der Waals surface area contributed by atoms with Crippen molar-refractivity contribution >= 4 is 46.0 Å². The van der Waals surface area contributed by atoms with Gasteiger partial charge in [-0.25, -0.2) is 4.98 Å². The second kappa shape index (κ2) is 7.57. The molecule has 0 aliphatic heterocycles. The van der Waals surface area contributed by atoms with Gasteiger partial charge in [-0.15, -0.1) is 0 Å². The van der Waals surface area contributed by atoms with E-state index in [-0.39, 0.29) is 12.5 Å². The number of hydrogen-bond donors (Lipinski definition) is 4. The van der Waals surface area contributed by atoms with Crippen molar-refractivity contribution < 1.29 is 14.3 Å². The summed E-state index contributed by atoms with van der Waals surface area (Å²) >= 11 is 6.12. The topological polar surface area (TPSA) is 130 Å². The summed E-state index contributed by atoms with van der Waals surface area (Å²) in [6.45, 7) is 4.99. The zero-order valence-corrected chi connectivity index (χ0v) is 15.4. The average Bonchev–Trinajstić information content (AvgIpc) is 2.53. The van der Waals surface area contributed by atoms with Crippen molar-refractivity contribution in [1.82, 2.24) is 10.3 Å². The third-order valence-corrected chi connectivity index (χ3v) is 3.47. The fourth-order valence-corrected chi connectivity index (χ4v) is 2.42. The van der Waals surface area contributed by atoms with E-state index in [0.29, 0.717) is 27.2 Å². The number of carbonyl (C=O) groups excluding carboxylic acids is 2. The van der Waals surface area contributed by atoms with Crippen LogP contribution in [0, 0.1) is 5.41 Å². The lowest BCUT2D eigenvalue weighted by Gasteiger charge is -2.19. The molecular weight excluding hydrogens is 358 g/mol. The van der Waals surface area contributed by atoms with Gasteiger partial charge in [-0.2, -0.15) is 0 Å². The number of benzene rings is 1. The first-order valence-electron chi connectivity index (χ1n) is 7.76. The molecule has 1 heterocycles. The van der Waals surface area contributed by atoms with Crippen LogP contribution in [-0.4, -0.2) is 35.0 Å². The van der Waals surface area contributed by atoms with E-state index in [2.05, 4.69) is 15.6 Å². The first kappa shape index (κ1) is 19.5. The number of guanidine groups is 1. The second-order valence-electron chi connectivity index (χ2n) is 6.52. The van der Waals surface area contributed by atoms with E-state index in [9.17, 15) is 9.59 Å². The second-order valence-corrected chi connectivity index (χ2v) is 6.93. The van der Waals surface area contributed by atoms with Crippen molar-refractivity contribution in [3.05, 3.63) is 35.0 Å². The number of ether oxygens (including phenoxy) is 1. The van der Waals surface area contributed by atoms with Crippen molar-refractivity contribution in [2.75, 3.05) is 11.9 Å². The van der Waals surface area contributed by atoms with Crippen LogP contribution in [0.25, 0.3) is 10.8 Å². The Morgan fingerprint density at radius 1 is 1.31 bits per heavy atom. The molecular formula is C17H20ClN5O3. The molecule has 1 aromatic heterocycles. The molecule has 0 saturated carbocycles. The van der Waals surface area contributed by atoms with Gasteiger partial charge in [0.15, 0.2) is 5.96 Å². The number of fused-ring (bicyclic) bond motifs is 1. The number of nitrogens with zero attached hydrogens (tertiary/aromatic N) is 1. The third-order valence-electron chi connectivity index (χ3n) is 3.17. The molecule has 0 fully saturated rings. The smallest absolute Gasteiger partial charge is 0.325 e. The summed E-state index contributed by atoms with van der Waals surface area (Å²) in [6.07, 6.45) is 1.43. The molecule has 0 unspecified atom stereocenters. The lowest BCUT2D eigenvalue weighted by Crippen LogP contribution is -2.34. The Morgan fingerprint density at radius 2 is 2.00 bits per heavy atom. The van der Waals surface area contributed by atoms with E-state index in [1.54, 1.807) is 39.0 Å². The summed E-state index contributed by atoms with van der Waals surface area (Å²) in [5.74, 6) is -0.971. The number of aromatic nitrogens is 1. The third kappa shape index (κ3) is 5.06. The molecule has 8 nitrogen and oxygen atoms in total. The number of amides is 1. The highest BCUT2D eigenvalue weighted by Crippen LogP contribution is 2.28. The first-order valence-corrected chi connectivity index (χ1v) is 8.14. The van der Waals surface area contributed by atoms with Crippen LogP contribution in [0.1, 0.15) is 31.1 Å². The van der Waals surface area contributed by atoms with Crippen molar-refractivity contribution in [2.45, 2.75) is 26.4 Å². The van der Waals surface area contributed by atoms with Gasteiger partial charge < -0.3 is 21.1 Å². The van der Waals surface area contributed by atoms with Crippen LogP contribution in [0.4, 0.5) is 5.82 Å². The molecule has 0 saturated heterocycles. The van der Waals surface area contributed by atoms with Crippen LogP contribution in [-0.2, 0) is 9.53 Å². The van der Waals surface area contributed by atoms with Crippen LogP contribution in [0.3, 0.4) is 0 Å². The van der Waals surface area contributed by atoms with Crippen LogP contribution >= 0.6 is 11.6 Å². The van der Waals surface area contributed by atoms with Crippen molar-refractivity contribution in [3.63, 3.8) is 0 Å². The van der Waals surface area contributed by atoms with Crippen LogP contribution < -0.4 is 16.4 Å². The predicted octanol–water partition coefficient (Wildman–Crippen LogP) is 2.27. The SMILES string of the molecule is CC(C)(C)OC(=O)CNC(=O)c1ccc2c(Cl)cnc(NC(=N)N)c2c1. The van der Waals surface area contributed by atoms with E-state index < -0.39 is 17.5 Å². The summed E-state index contributed by atoms with van der Waals surface area (Å²) in [5, 5.41) is 14.0. The number of carbonyl (C=O) groups is 2. The van der Waals surface area contributed by atoms with E-state index in [1.807, 2.05) is 0 Å². The lowest BCUT2D eigenvalue weighted by molar-refractivity contribution is -0.153. The van der Waals surface area contributed by atoms with E-state index in [1.165, 1.54) is 6.20 Å². The highest BCUT2D eigenvalue weighted by molar-refractivity contribution is 6.36. The summed E-state index contributed by atoms with van der Waals surface area (Å²) in [5.41, 5.74) is 5.03. The normalized spacial score (nSPS) is 11.1. The molecule has 0 aliphatic rings. The Kier molecular flexibility index (Phi) is 5.66. The number of pyridine rings is 1. The number of esters is 1. The number of hydrogen-bond acceptors (Lipinski definition) is 5. The number of halogens is 1. The van der Waals surface area contributed by atoms with Gasteiger partial charge in [0.2, 0.25) is 0 Å². The maximum absolute atomic E-state index is 12.3. The van der Waals surface area contributed by atoms with E-state index in [4.69, 9.17) is 27.5 Å². The molecule has 9 heteroatoms. The van der Waals surface area contributed by atoms with Gasteiger partial charge in [-0.3, -0.25) is 15.0 Å². The quantitative estimate of drug-likeness (QED) is 0.367. The summed E-state index contributed by atoms with van der Waals surface area (Å²) < 4.78 is 5.14. The molecule has 0 radical (unpaired) electrons. The monoisotopic (exact) mass is 377 g/mol. The van der Waals surface area contributed by atoms with E-state index in [0.717, 1.165) is 0 Å². The molecule has 5 N–H and O–H groups in total. The van der Waals surface area contributed by atoms with Gasteiger partial charge in [-0.05, 0) is 32.9 Å². The Balaban J connectivity index is 2.23. The number of nitrogens with two attached hydrogens (primary N) is 1. The Labute approximate surface area is 155 Å². The van der Waals surface area contributed by atoms with Crippen LogP contribution in [0.2, 0.25) is 5.02 Å². The Bertz CT molecular complexity index is 877. The van der Waals surface area contributed by atoms with Gasteiger partial charge in [-0.1, -0.05) is 17.7 Å². The largest absolute Gasteiger partial charge is 0.459 e. The Hall–Kier alpha value is -2.87. The molecule has 138 valence electrons. The molecule has 1 aromatic carbocycles. The standard InChI is InChI=1S/C17H20ClN5O3/c1-17(2,3)26-13(24)8-22-15(25)9-4-5-10-11(6-9)14(23-16(19)20)21-7-12(10)18/h4-7H,8H2,1-3H3,(H,22,25)(H4,19,20,21,23). The molecule has 26 heavy (non-hydrogen) atoms. The van der Waals surface area contributed by atoms with Gasteiger partial charge in [0.25, 0.3) is 5.91 Å². The molecule has 0 atom stereocenters. The van der Waals surface area contributed by atoms with E-state index >= 15 is 0 Å². The molecule has 1 amide bonds. The fourth-order valence-electron chi connectivity index (χ4n) is 2.21. The number of nitrogens with one attached hydrogen (secondary N) is 3. The Morgan fingerprint density at radius 3 is 2.62 bits per heavy atom. The number of rotatable bonds is 4. The predicted molar refractivity (Wildman–Crippen MR) is 100 cm³/mol. The zero-order chi connectivity index (χ0) is 19.5. The average molecular weight is 378 g/mol. The molecule has 2 aromatic rings. The van der Waals surface area contributed by atoms with Crippen LogP contribution in [0.5, 0.6) is 0 Å². The molecule has 0 spiro atoms. The highest BCUT2D eigenvalue weighted by atomic mass is 35.5. The van der Waals surface area contributed by atoms with Gasteiger partial charge >= 0.3 is 5.97 Å². The number of anilines is 1. The maximum Gasteiger partial charge on any atom is 0.325 e. The minimum absolute atomic E-state index is 0.250. The van der Waals surface area contributed by atoms with Crippen molar-refractivity contribution in [2.24, 2.45) is 5.73 Å². The molecule has 2 rings (SSSR count). The summed E-state index contributed by atoms with van der Waals surface area (Å²) in [6, 6.07) is 4.80. The summed E-state index contributed by atoms with van der Waals surface area (Å²) in [4.78, 5) is 28.1. The van der Waals surface area contributed by atoms with Crippen LogP contribution in [0.15, 0.2) is 24.4 Å². The van der Waals surface area contributed by atoms with Crippen molar-refractivity contribution in [3.8, 4) is 0 Å². The molecule has 0 aliphatic carbocycles. The minimum atomic E-state index is -0.625. The minimum Gasteiger partial charge on any atom is -0.459 e.